The standard InChI is InChI=1S/C17H26N2O2/c1-3-5-11-19(12-6-4-2)17(20)16-13-18-14-9-7-8-10-15(14)21-16/h7-10,16,18H,3-6,11-13H2,1-2H3. The van der Waals surface area contributed by atoms with Gasteiger partial charge in [0.05, 0.1) is 12.2 Å². The Labute approximate surface area is 127 Å². The number of nitrogens with one attached hydrogen (secondary N) is 1. The van der Waals surface area contributed by atoms with Crippen molar-refractivity contribution >= 4 is 11.6 Å². The first-order chi connectivity index (χ1) is 10.3. The molecular weight excluding hydrogens is 264 g/mol. The van der Waals surface area contributed by atoms with E-state index in [1.165, 1.54) is 0 Å². The van der Waals surface area contributed by atoms with Crippen LogP contribution in [0.2, 0.25) is 0 Å². The third kappa shape index (κ3) is 4.13. The Kier molecular flexibility index (Phi) is 5.90. The van der Waals surface area contributed by atoms with Gasteiger partial charge in [-0.15, -0.1) is 0 Å². The van der Waals surface area contributed by atoms with Crippen molar-refractivity contribution in [2.45, 2.75) is 45.6 Å². The fraction of sp³-hybridized carbons (Fsp3) is 0.588. The molecule has 1 aromatic carbocycles. The zero-order valence-corrected chi connectivity index (χ0v) is 13.1. The molecule has 4 heteroatoms. The van der Waals surface area contributed by atoms with Crippen molar-refractivity contribution in [1.82, 2.24) is 4.90 Å². The largest absolute Gasteiger partial charge is 0.477 e. The van der Waals surface area contributed by atoms with Crippen molar-refractivity contribution in [3.05, 3.63) is 24.3 Å². The number of anilines is 1. The summed E-state index contributed by atoms with van der Waals surface area (Å²) in [5.41, 5.74) is 0.968. The number of amides is 1. The summed E-state index contributed by atoms with van der Waals surface area (Å²) in [7, 11) is 0. The molecule has 0 radical (unpaired) electrons. The zero-order valence-electron chi connectivity index (χ0n) is 13.1. The van der Waals surface area contributed by atoms with Crippen LogP contribution >= 0.6 is 0 Å². The van der Waals surface area contributed by atoms with E-state index in [0.717, 1.165) is 50.2 Å². The zero-order chi connectivity index (χ0) is 15.1. The van der Waals surface area contributed by atoms with Crippen molar-refractivity contribution in [2.75, 3.05) is 25.0 Å². The molecule has 1 aliphatic heterocycles. The summed E-state index contributed by atoms with van der Waals surface area (Å²) in [5, 5.41) is 3.29. The minimum absolute atomic E-state index is 0.110. The predicted octanol–water partition coefficient (Wildman–Crippen LogP) is 3.29. The lowest BCUT2D eigenvalue weighted by molar-refractivity contribution is -0.138. The van der Waals surface area contributed by atoms with E-state index in [2.05, 4.69) is 19.2 Å². The molecule has 0 aromatic heterocycles. The van der Waals surface area contributed by atoms with E-state index in [9.17, 15) is 4.79 Å². The minimum atomic E-state index is -0.409. The molecule has 0 saturated heterocycles. The first-order valence-electron chi connectivity index (χ1n) is 8.04. The number of rotatable bonds is 7. The van der Waals surface area contributed by atoms with Gasteiger partial charge in [-0.1, -0.05) is 38.8 Å². The average molecular weight is 290 g/mol. The highest BCUT2D eigenvalue weighted by Crippen LogP contribution is 2.28. The summed E-state index contributed by atoms with van der Waals surface area (Å²) >= 11 is 0. The highest BCUT2D eigenvalue weighted by Gasteiger charge is 2.29. The van der Waals surface area contributed by atoms with Crippen LogP contribution in [-0.2, 0) is 4.79 Å². The maximum atomic E-state index is 12.7. The molecule has 21 heavy (non-hydrogen) atoms. The number of hydrogen-bond acceptors (Lipinski definition) is 3. The van der Waals surface area contributed by atoms with Gasteiger partial charge in [-0.25, -0.2) is 0 Å². The van der Waals surface area contributed by atoms with Gasteiger partial charge in [0, 0.05) is 13.1 Å². The molecule has 0 bridgehead atoms. The second kappa shape index (κ2) is 7.91. The molecule has 0 aliphatic carbocycles. The van der Waals surface area contributed by atoms with Gasteiger partial charge in [-0.2, -0.15) is 0 Å². The Bertz CT molecular complexity index is 454. The van der Waals surface area contributed by atoms with Crippen molar-refractivity contribution < 1.29 is 9.53 Å². The molecule has 116 valence electrons. The fourth-order valence-corrected chi connectivity index (χ4v) is 2.48. The number of carbonyl (C=O) groups is 1. The maximum Gasteiger partial charge on any atom is 0.265 e. The number of benzene rings is 1. The Balaban J connectivity index is 2.00. The van der Waals surface area contributed by atoms with Crippen LogP contribution in [0.4, 0.5) is 5.69 Å². The lowest BCUT2D eigenvalue weighted by Crippen LogP contribution is -2.47. The number of ether oxygens (including phenoxy) is 1. The summed E-state index contributed by atoms with van der Waals surface area (Å²) in [6.45, 7) is 6.51. The van der Waals surface area contributed by atoms with E-state index in [0.29, 0.717) is 6.54 Å². The van der Waals surface area contributed by atoms with E-state index in [4.69, 9.17) is 4.74 Å². The van der Waals surface area contributed by atoms with Gasteiger partial charge in [0.15, 0.2) is 6.10 Å². The highest BCUT2D eigenvalue weighted by molar-refractivity contribution is 5.83. The van der Waals surface area contributed by atoms with Crippen LogP contribution in [0.25, 0.3) is 0 Å². The van der Waals surface area contributed by atoms with E-state index in [1.54, 1.807) is 0 Å². The minimum Gasteiger partial charge on any atom is -0.477 e. The first-order valence-corrected chi connectivity index (χ1v) is 8.04. The number of hydrogen-bond donors (Lipinski definition) is 1. The molecule has 1 aliphatic rings. The predicted molar refractivity (Wildman–Crippen MR) is 85.7 cm³/mol. The number of nitrogens with zero attached hydrogens (tertiary/aromatic N) is 1. The molecule has 0 fully saturated rings. The molecule has 1 heterocycles. The Morgan fingerprint density at radius 2 is 1.90 bits per heavy atom. The van der Waals surface area contributed by atoms with E-state index in [1.807, 2.05) is 29.2 Å². The van der Waals surface area contributed by atoms with Gasteiger partial charge < -0.3 is 15.0 Å². The molecule has 4 nitrogen and oxygen atoms in total. The second-order valence-corrected chi connectivity index (χ2v) is 5.52. The number of para-hydroxylation sites is 2. The summed E-state index contributed by atoms with van der Waals surface area (Å²) in [6.07, 6.45) is 3.89. The van der Waals surface area contributed by atoms with Gasteiger partial charge in [0.2, 0.25) is 0 Å². The number of fused-ring (bicyclic) bond motifs is 1. The third-order valence-corrected chi connectivity index (χ3v) is 3.78. The van der Waals surface area contributed by atoms with Crippen molar-refractivity contribution in [3.63, 3.8) is 0 Å². The SMILES string of the molecule is CCCCN(CCCC)C(=O)C1CNc2ccccc2O1. The van der Waals surface area contributed by atoms with E-state index < -0.39 is 6.10 Å². The Morgan fingerprint density at radius 3 is 2.57 bits per heavy atom. The fourth-order valence-electron chi connectivity index (χ4n) is 2.48. The molecule has 1 N–H and O–H groups in total. The van der Waals surface area contributed by atoms with Crippen LogP contribution in [0.15, 0.2) is 24.3 Å². The van der Waals surface area contributed by atoms with Gasteiger partial charge in [-0.05, 0) is 25.0 Å². The lowest BCUT2D eigenvalue weighted by Gasteiger charge is -2.31. The molecule has 1 aromatic rings. The summed E-state index contributed by atoms with van der Waals surface area (Å²) in [6, 6.07) is 7.78. The van der Waals surface area contributed by atoms with Crippen LogP contribution in [0, 0.1) is 0 Å². The molecular formula is C17H26N2O2. The average Bonchev–Trinajstić information content (AvgIpc) is 2.54. The highest BCUT2D eigenvalue weighted by atomic mass is 16.5. The molecule has 0 saturated carbocycles. The van der Waals surface area contributed by atoms with Crippen LogP contribution in [0.1, 0.15) is 39.5 Å². The summed E-state index contributed by atoms with van der Waals surface area (Å²) in [5.74, 6) is 0.881. The second-order valence-electron chi connectivity index (χ2n) is 5.52. The number of unbranched alkanes of at least 4 members (excludes halogenated alkanes) is 2. The quantitative estimate of drug-likeness (QED) is 0.838. The molecule has 1 atom stereocenters. The summed E-state index contributed by atoms with van der Waals surface area (Å²) < 4.78 is 5.88. The third-order valence-electron chi connectivity index (χ3n) is 3.78. The van der Waals surface area contributed by atoms with E-state index >= 15 is 0 Å². The van der Waals surface area contributed by atoms with Crippen molar-refractivity contribution in [1.29, 1.82) is 0 Å². The topological polar surface area (TPSA) is 41.6 Å². The van der Waals surface area contributed by atoms with E-state index in [-0.39, 0.29) is 5.91 Å². The molecule has 0 spiro atoms. The molecule has 1 unspecified atom stereocenters. The molecule has 2 rings (SSSR count). The summed E-state index contributed by atoms with van der Waals surface area (Å²) in [4.78, 5) is 14.6. The lowest BCUT2D eigenvalue weighted by atomic mass is 10.2. The van der Waals surface area contributed by atoms with Crippen LogP contribution in [0.3, 0.4) is 0 Å². The Hall–Kier alpha value is -1.71. The van der Waals surface area contributed by atoms with Crippen LogP contribution in [0.5, 0.6) is 5.75 Å². The van der Waals surface area contributed by atoms with Gasteiger partial charge in [0.25, 0.3) is 5.91 Å². The Morgan fingerprint density at radius 1 is 1.24 bits per heavy atom. The van der Waals surface area contributed by atoms with Gasteiger partial charge >= 0.3 is 0 Å². The normalized spacial score (nSPS) is 16.6. The van der Waals surface area contributed by atoms with Crippen LogP contribution < -0.4 is 10.1 Å². The van der Waals surface area contributed by atoms with Crippen LogP contribution in [-0.4, -0.2) is 36.5 Å². The number of carbonyl (C=O) groups excluding carboxylic acids is 1. The van der Waals surface area contributed by atoms with Crippen molar-refractivity contribution in [3.8, 4) is 5.75 Å². The van der Waals surface area contributed by atoms with Gasteiger partial charge in [-0.3, -0.25) is 4.79 Å². The molecule has 1 amide bonds. The first kappa shape index (κ1) is 15.7. The maximum absolute atomic E-state index is 12.7. The smallest absolute Gasteiger partial charge is 0.265 e. The van der Waals surface area contributed by atoms with Gasteiger partial charge in [0.1, 0.15) is 5.75 Å². The van der Waals surface area contributed by atoms with Crippen molar-refractivity contribution in [2.24, 2.45) is 0 Å². The monoisotopic (exact) mass is 290 g/mol.